The number of aromatic nitrogens is 3. The molecule has 0 unspecified atom stereocenters. The van der Waals surface area contributed by atoms with Gasteiger partial charge < -0.3 is 10.1 Å². The number of halogens is 1. The van der Waals surface area contributed by atoms with Crippen LogP contribution in [0.1, 0.15) is 25.0 Å². The fourth-order valence-corrected chi connectivity index (χ4v) is 1.72. The molecule has 2 rings (SSSR count). The minimum atomic E-state index is -0.491. The molecule has 2 heterocycles. The van der Waals surface area contributed by atoms with Crippen molar-refractivity contribution in [3.63, 3.8) is 0 Å². The van der Waals surface area contributed by atoms with Gasteiger partial charge in [0.1, 0.15) is 6.10 Å². The molecule has 1 N–H and O–H groups in total. The molecule has 0 saturated carbocycles. The molecule has 7 heteroatoms. The number of amides is 1. The molecule has 106 valence electrons. The van der Waals surface area contributed by atoms with Crippen molar-refractivity contribution in [2.45, 2.75) is 19.4 Å². The van der Waals surface area contributed by atoms with Crippen LogP contribution in [0.3, 0.4) is 0 Å². The molecular weight excluding hydrogens is 263 g/mol. The van der Waals surface area contributed by atoms with Gasteiger partial charge in [0, 0.05) is 18.8 Å². The summed E-state index contributed by atoms with van der Waals surface area (Å²) in [5.74, 6) is 0.0673. The highest BCUT2D eigenvalue weighted by molar-refractivity contribution is 5.67. The topological polar surface area (TPSA) is 69.0 Å². The lowest BCUT2D eigenvalue weighted by molar-refractivity contribution is 0.0969. The molecule has 0 spiro atoms. The quantitative estimate of drug-likeness (QED) is 0.931. The van der Waals surface area contributed by atoms with Crippen molar-refractivity contribution < 1.29 is 13.9 Å². The van der Waals surface area contributed by atoms with Gasteiger partial charge in [-0.25, -0.2) is 18.9 Å². The predicted octanol–water partition coefficient (Wildman–Crippen LogP) is 2.21. The van der Waals surface area contributed by atoms with E-state index in [2.05, 4.69) is 15.4 Å². The average Bonchev–Trinajstić information content (AvgIpc) is 2.91. The van der Waals surface area contributed by atoms with Gasteiger partial charge in [0.05, 0.1) is 12.4 Å². The molecule has 6 nitrogen and oxygen atoms in total. The van der Waals surface area contributed by atoms with Gasteiger partial charge in [-0.2, -0.15) is 5.10 Å². The lowest BCUT2D eigenvalue weighted by Gasteiger charge is -2.16. The van der Waals surface area contributed by atoms with Crippen molar-refractivity contribution >= 4 is 6.09 Å². The van der Waals surface area contributed by atoms with E-state index in [1.165, 1.54) is 17.9 Å². The summed E-state index contributed by atoms with van der Waals surface area (Å²) in [4.78, 5) is 15.4. The summed E-state index contributed by atoms with van der Waals surface area (Å²) in [7, 11) is 1.50. The Labute approximate surface area is 115 Å². The van der Waals surface area contributed by atoms with Crippen molar-refractivity contribution in [3.05, 3.63) is 42.1 Å². The maximum Gasteiger partial charge on any atom is 0.407 e. The van der Waals surface area contributed by atoms with E-state index in [1.807, 2.05) is 6.92 Å². The summed E-state index contributed by atoms with van der Waals surface area (Å²) < 4.78 is 19.4. The number of pyridine rings is 1. The number of hydrogen-bond donors (Lipinski definition) is 1. The van der Waals surface area contributed by atoms with Crippen molar-refractivity contribution in [2.75, 3.05) is 7.05 Å². The summed E-state index contributed by atoms with van der Waals surface area (Å²) in [5, 5.41) is 6.23. The van der Waals surface area contributed by atoms with E-state index < -0.39 is 11.9 Å². The molecule has 0 aliphatic rings. The van der Waals surface area contributed by atoms with E-state index in [-0.39, 0.29) is 6.10 Å². The fraction of sp³-hybridized carbons (Fsp3) is 0.308. The maximum atomic E-state index is 12.9. The second kappa shape index (κ2) is 6.14. The van der Waals surface area contributed by atoms with Crippen LogP contribution in [-0.4, -0.2) is 27.9 Å². The number of nitrogens with one attached hydrogen (secondary N) is 1. The third-order valence-corrected chi connectivity index (χ3v) is 2.75. The first-order valence-corrected chi connectivity index (χ1v) is 6.19. The molecule has 20 heavy (non-hydrogen) atoms. The number of rotatable bonds is 4. The van der Waals surface area contributed by atoms with Crippen LogP contribution < -0.4 is 5.32 Å². The van der Waals surface area contributed by atoms with Gasteiger partial charge in [0.15, 0.2) is 11.6 Å². The Kier molecular flexibility index (Phi) is 4.29. The zero-order valence-electron chi connectivity index (χ0n) is 11.2. The number of nitrogens with zero attached hydrogens (tertiary/aromatic N) is 3. The number of carbonyl (C=O) groups excluding carboxylic acids is 1. The fourth-order valence-electron chi connectivity index (χ4n) is 1.72. The number of alkyl carbamates (subject to hydrolysis) is 1. The summed E-state index contributed by atoms with van der Waals surface area (Å²) in [6.45, 7) is 1.91. The van der Waals surface area contributed by atoms with Crippen LogP contribution >= 0.6 is 0 Å². The number of hydrogen-bond acceptors (Lipinski definition) is 4. The molecule has 0 aliphatic carbocycles. The minimum absolute atomic E-state index is 0.370. The van der Waals surface area contributed by atoms with Crippen LogP contribution in [0.5, 0.6) is 0 Å². The smallest absolute Gasteiger partial charge is 0.407 e. The minimum Gasteiger partial charge on any atom is -0.441 e. The molecular formula is C13H15FN4O2. The molecule has 0 aromatic carbocycles. The normalized spacial score (nSPS) is 11.9. The van der Waals surface area contributed by atoms with Crippen LogP contribution in [0, 0.1) is 5.82 Å². The zero-order valence-corrected chi connectivity index (χ0v) is 11.2. The van der Waals surface area contributed by atoms with Crippen LogP contribution in [0.2, 0.25) is 0 Å². The van der Waals surface area contributed by atoms with Crippen LogP contribution in [-0.2, 0) is 4.74 Å². The molecule has 2 aromatic heterocycles. The van der Waals surface area contributed by atoms with Gasteiger partial charge in [-0.15, -0.1) is 0 Å². The predicted molar refractivity (Wildman–Crippen MR) is 69.9 cm³/mol. The molecule has 0 aliphatic heterocycles. The third kappa shape index (κ3) is 3.11. The molecule has 1 atom stereocenters. The summed E-state index contributed by atoms with van der Waals surface area (Å²) in [5.41, 5.74) is 0.771. The lowest BCUT2D eigenvalue weighted by Crippen LogP contribution is -2.21. The molecule has 0 bridgehead atoms. The largest absolute Gasteiger partial charge is 0.441 e. The van der Waals surface area contributed by atoms with Crippen molar-refractivity contribution in [3.8, 4) is 5.82 Å². The highest BCUT2D eigenvalue weighted by Gasteiger charge is 2.14. The molecule has 0 saturated heterocycles. The Hall–Kier alpha value is -2.44. The molecule has 1 amide bonds. The van der Waals surface area contributed by atoms with Gasteiger partial charge in [-0.3, -0.25) is 0 Å². The number of ether oxygens (including phenoxy) is 1. The van der Waals surface area contributed by atoms with Gasteiger partial charge in [-0.05, 0) is 12.5 Å². The van der Waals surface area contributed by atoms with E-state index in [0.29, 0.717) is 12.2 Å². The SMILES string of the molecule is CC[C@H](OC(=O)NC)c1ccc(-n2cc(F)cn2)nc1. The van der Waals surface area contributed by atoms with Gasteiger partial charge in [-0.1, -0.05) is 13.0 Å². The first-order chi connectivity index (χ1) is 9.63. The maximum absolute atomic E-state index is 12.9. The lowest BCUT2D eigenvalue weighted by atomic mass is 10.1. The molecule has 0 fully saturated rings. The van der Waals surface area contributed by atoms with Gasteiger partial charge >= 0.3 is 6.09 Å². The van der Waals surface area contributed by atoms with Crippen LogP contribution in [0.4, 0.5) is 9.18 Å². The Balaban J connectivity index is 2.16. The van der Waals surface area contributed by atoms with Gasteiger partial charge in [0.2, 0.25) is 0 Å². The summed E-state index contributed by atoms with van der Waals surface area (Å²) in [6.07, 6.45) is 3.71. The van der Waals surface area contributed by atoms with E-state index in [1.54, 1.807) is 18.3 Å². The average molecular weight is 278 g/mol. The summed E-state index contributed by atoms with van der Waals surface area (Å²) >= 11 is 0. The zero-order chi connectivity index (χ0) is 14.5. The Bertz CT molecular complexity index is 582. The molecule has 0 radical (unpaired) electrons. The second-order valence-corrected chi connectivity index (χ2v) is 4.11. The van der Waals surface area contributed by atoms with Crippen molar-refractivity contribution in [2.24, 2.45) is 0 Å². The Morgan fingerprint density at radius 3 is 2.80 bits per heavy atom. The Morgan fingerprint density at radius 2 is 2.30 bits per heavy atom. The number of carbonyl (C=O) groups is 1. The summed E-state index contributed by atoms with van der Waals surface area (Å²) in [6, 6.07) is 3.47. The van der Waals surface area contributed by atoms with Gasteiger partial charge in [0.25, 0.3) is 0 Å². The first-order valence-electron chi connectivity index (χ1n) is 6.19. The third-order valence-electron chi connectivity index (χ3n) is 2.75. The molecule has 2 aromatic rings. The second-order valence-electron chi connectivity index (χ2n) is 4.11. The highest BCUT2D eigenvalue weighted by atomic mass is 19.1. The van der Waals surface area contributed by atoms with Crippen molar-refractivity contribution in [1.29, 1.82) is 0 Å². The highest BCUT2D eigenvalue weighted by Crippen LogP contribution is 2.21. The van der Waals surface area contributed by atoms with Crippen molar-refractivity contribution in [1.82, 2.24) is 20.1 Å². The monoisotopic (exact) mass is 278 g/mol. The first kappa shape index (κ1) is 14.0. The van der Waals surface area contributed by atoms with E-state index in [0.717, 1.165) is 11.8 Å². The van der Waals surface area contributed by atoms with Crippen LogP contribution in [0.25, 0.3) is 5.82 Å². The Morgan fingerprint density at radius 1 is 1.50 bits per heavy atom. The van der Waals surface area contributed by atoms with Crippen LogP contribution in [0.15, 0.2) is 30.7 Å². The van der Waals surface area contributed by atoms with E-state index >= 15 is 0 Å². The standard InChI is InChI=1S/C13H15FN4O2/c1-3-11(20-13(19)15-2)9-4-5-12(16-6-9)18-8-10(14)7-17-18/h4-8,11H,3H2,1-2H3,(H,15,19)/t11-/m0/s1. The van der Waals surface area contributed by atoms with E-state index in [9.17, 15) is 9.18 Å². The van der Waals surface area contributed by atoms with E-state index in [4.69, 9.17) is 4.74 Å².